The van der Waals surface area contributed by atoms with Crippen LogP contribution in [0.15, 0.2) is 77.6 Å². The van der Waals surface area contributed by atoms with Gasteiger partial charge in [-0.3, -0.25) is 4.79 Å². The van der Waals surface area contributed by atoms with Gasteiger partial charge in [0.2, 0.25) is 5.91 Å². The molecule has 0 radical (unpaired) electrons. The molecule has 2 saturated heterocycles. The van der Waals surface area contributed by atoms with Crippen molar-refractivity contribution in [2.45, 2.75) is 12.0 Å². The summed E-state index contributed by atoms with van der Waals surface area (Å²) in [5, 5.41) is 3.47. The zero-order valence-electron chi connectivity index (χ0n) is 16.9. The van der Waals surface area contributed by atoms with Gasteiger partial charge in [-0.25, -0.2) is 0 Å². The predicted octanol–water partition coefficient (Wildman–Crippen LogP) is 3.85. The standard InChI is InChI=1S/C25H26N2O3/c28-25(27-11-13-30-17-24(27)18-6-2-1-3-7-18)23-15-26-14-22(23)21-9-5-4-8-20(21)19-10-12-29-16-19/h1-10,12,16,22-24,26H,11,13-15,17H2/t22-,23+,24+/m0/s1. The molecule has 1 aromatic heterocycles. The third kappa shape index (κ3) is 3.55. The van der Waals surface area contributed by atoms with Crippen molar-refractivity contribution >= 4 is 5.91 Å². The summed E-state index contributed by atoms with van der Waals surface area (Å²) >= 11 is 0. The van der Waals surface area contributed by atoms with Gasteiger partial charge in [-0.2, -0.15) is 0 Å². The van der Waals surface area contributed by atoms with Gasteiger partial charge in [0.25, 0.3) is 0 Å². The Kier molecular flexibility index (Phi) is 5.39. The van der Waals surface area contributed by atoms with Crippen LogP contribution < -0.4 is 5.32 Å². The lowest BCUT2D eigenvalue weighted by molar-refractivity contribution is -0.144. The number of hydrogen-bond acceptors (Lipinski definition) is 4. The summed E-state index contributed by atoms with van der Waals surface area (Å²) in [7, 11) is 0. The summed E-state index contributed by atoms with van der Waals surface area (Å²) in [6.45, 7) is 3.26. The van der Waals surface area contributed by atoms with Crippen LogP contribution >= 0.6 is 0 Å². The van der Waals surface area contributed by atoms with E-state index in [-0.39, 0.29) is 23.8 Å². The van der Waals surface area contributed by atoms with Crippen LogP contribution in [0.3, 0.4) is 0 Å². The molecule has 2 aliphatic rings. The second-order valence-electron chi connectivity index (χ2n) is 8.00. The van der Waals surface area contributed by atoms with Gasteiger partial charge in [-0.05, 0) is 22.8 Å². The summed E-state index contributed by atoms with van der Waals surface area (Å²) in [6.07, 6.45) is 3.46. The number of furan rings is 1. The van der Waals surface area contributed by atoms with Crippen molar-refractivity contribution in [2.24, 2.45) is 5.92 Å². The van der Waals surface area contributed by atoms with Crippen molar-refractivity contribution in [1.82, 2.24) is 10.2 Å². The second-order valence-corrected chi connectivity index (χ2v) is 8.00. The van der Waals surface area contributed by atoms with E-state index in [9.17, 15) is 4.79 Å². The number of nitrogens with zero attached hydrogens (tertiary/aromatic N) is 1. The molecule has 2 aliphatic heterocycles. The number of rotatable bonds is 4. The Morgan fingerprint density at radius 1 is 1.00 bits per heavy atom. The van der Waals surface area contributed by atoms with Crippen LogP contribution in [0.1, 0.15) is 23.1 Å². The molecule has 0 bridgehead atoms. The van der Waals surface area contributed by atoms with E-state index < -0.39 is 0 Å². The van der Waals surface area contributed by atoms with E-state index in [0.717, 1.165) is 23.2 Å². The third-order valence-corrected chi connectivity index (χ3v) is 6.32. The molecule has 3 heterocycles. The van der Waals surface area contributed by atoms with Crippen molar-refractivity contribution < 1.29 is 13.9 Å². The minimum atomic E-state index is -0.0950. The van der Waals surface area contributed by atoms with Gasteiger partial charge in [0, 0.05) is 31.1 Å². The van der Waals surface area contributed by atoms with Crippen LogP contribution in [-0.4, -0.2) is 43.7 Å². The Bertz CT molecular complexity index is 987. The van der Waals surface area contributed by atoms with Gasteiger partial charge < -0.3 is 19.4 Å². The Labute approximate surface area is 176 Å². The van der Waals surface area contributed by atoms with Crippen LogP contribution in [0.25, 0.3) is 11.1 Å². The normalized spacial score (nSPS) is 24.1. The van der Waals surface area contributed by atoms with Gasteiger partial charge in [0.05, 0.1) is 37.7 Å². The molecule has 2 aromatic carbocycles. The van der Waals surface area contributed by atoms with Crippen molar-refractivity contribution in [2.75, 3.05) is 32.8 Å². The minimum absolute atomic E-state index is 0.0298. The lowest BCUT2D eigenvalue weighted by Crippen LogP contribution is -2.47. The van der Waals surface area contributed by atoms with E-state index in [1.165, 1.54) is 5.56 Å². The molecule has 1 amide bonds. The molecule has 0 spiro atoms. The molecule has 5 nitrogen and oxygen atoms in total. The number of benzene rings is 2. The number of morpholine rings is 1. The highest BCUT2D eigenvalue weighted by Gasteiger charge is 2.40. The average Bonchev–Trinajstić information content (AvgIpc) is 3.52. The van der Waals surface area contributed by atoms with Crippen LogP contribution in [0.4, 0.5) is 0 Å². The summed E-state index contributed by atoms with van der Waals surface area (Å²) in [5.41, 5.74) is 4.52. The summed E-state index contributed by atoms with van der Waals surface area (Å²) in [5.74, 6) is 0.245. The molecular weight excluding hydrogens is 376 g/mol. The lowest BCUT2D eigenvalue weighted by atomic mass is 9.83. The number of ether oxygens (including phenoxy) is 1. The van der Waals surface area contributed by atoms with Crippen molar-refractivity contribution in [3.63, 3.8) is 0 Å². The number of carbonyl (C=O) groups is 1. The van der Waals surface area contributed by atoms with E-state index >= 15 is 0 Å². The molecule has 5 heteroatoms. The number of amides is 1. The highest BCUT2D eigenvalue weighted by molar-refractivity contribution is 5.82. The van der Waals surface area contributed by atoms with E-state index in [2.05, 4.69) is 35.6 Å². The fourth-order valence-corrected chi connectivity index (χ4v) is 4.80. The summed E-state index contributed by atoms with van der Waals surface area (Å²) in [6, 6.07) is 20.5. The smallest absolute Gasteiger partial charge is 0.228 e. The average molecular weight is 402 g/mol. The second kappa shape index (κ2) is 8.46. The fraction of sp³-hybridized carbons (Fsp3) is 0.320. The van der Waals surface area contributed by atoms with Crippen molar-refractivity contribution in [1.29, 1.82) is 0 Å². The molecule has 3 atom stereocenters. The Hall–Kier alpha value is -2.89. The van der Waals surface area contributed by atoms with E-state index in [1.54, 1.807) is 12.5 Å². The lowest BCUT2D eigenvalue weighted by Gasteiger charge is -2.38. The van der Waals surface area contributed by atoms with Crippen LogP contribution in [0.2, 0.25) is 0 Å². The zero-order chi connectivity index (χ0) is 20.3. The van der Waals surface area contributed by atoms with E-state index in [4.69, 9.17) is 9.15 Å². The monoisotopic (exact) mass is 402 g/mol. The number of carbonyl (C=O) groups excluding carboxylic acids is 1. The highest BCUT2D eigenvalue weighted by Crippen LogP contribution is 2.38. The van der Waals surface area contributed by atoms with Crippen LogP contribution in [0, 0.1) is 5.92 Å². The predicted molar refractivity (Wildman–Crippen MR) is 115 cm³/mol. The molecule has 30 heavy (non-hydrogen) atoms. The SMILES string of the molecule is O=C([C@@H]1CNC[C@H]1c1ccccc1-c1ccoc1)N1CCOC[C@@H]1c1ccccc1. The third-order valence-electron chi connectivity index (χ3n) is 6.32. The summed E-state index contributed by atoms with van der Waals surface area (Å²) in [4.78, 5) is 15.8. The maximum atomic E-state index is 13.8. The Morgan fingerprint density at radius 2 is 1.83 bits per heavy atom. The van der Waals surface area contributed by atoms with E-state index in [1.807, 2.05) is 35.2 Å². The number of nitrogens with one attached hydrogen (secondary N) is 1. The molecular formula is C25H26N2O3. The quantitative estimate of drug-likeness (QED) is 0.720. The zero-order valence-corrected chi connectivity index (χ0v) is 16.9. The molecule has 1 N–H and O–H groups in total. The Balaban J connectivity index is 1.45. The van der Waals surface area contributed by atoms with Gasteiger partial charge in [0.15, 0.2) is 0 Å². The largest absolute Gasteiger partial charge is 0.472 e. The van der Waals surface area contributed by atoms with E-state index in [0.29, 0.717) is 26.3 Å². The molecule has 154 valence electrons. The fourth-order valence-electron chi connectivity index (χ4n) is 4.80. The van der Waals surface area contributed by atoms with Crippen molar-refractivity contribution in [3.05, 3.63) is 84.3 Å². The maximum Gasteiger partial charge on any atom is 0.228 e. The van der Waals surface area contributed by atoms with Gasteiger partial charge in [-0.1, -0.05) is 54.6 Å². The van der Waals surface area contributed by atoms with Crippen LogP contribution in [-0.2, 0) is 9.53 Å². The van der Waals surface area contributed by atoms with Crippen LogP contribution in [0.5, 0.6) is 0 Å². The molecule has 0 saturated carbocycles. The molecule has 5 rings (SSSR count). The first-order valence-corrected chi connectivity index (χ1v) is 10.6. The maximum absolute atomic E-state index is 13.8. The first kappa shape index (κ1) is 19.1. The van der Waals surface area contributed by atoms with Gasteiger partial charge in [-0.15, -0.1) is 0 Å². The molecule has 2 fully saturated rings. The molecule has 0 aliphatic carbocycles. The first-order valence-electron chi connectivity index (χ1n) is 10.6. The summed E-state index contributed by atoms with van der Waals surface area (Å²) < 4.78 is 11.1. The number of hydrogen-bond donors (Lipinski definition) is 1. The van der Waals surface area contributed by atoms with Gasteiger partial charge >= 0.3 is 0 Å². The first-order chi connectivity index (χ1) is 14.8. The van der Waals surface area contributed by atoms with Gasteiger partial charge in [0.1, 0.15) is 0 Å². The van der Waals surface area contributed by atoms with Crippen molar-refractivity contribution in [3.8, 4) is 11.1 Å². The Morgan fingerprint density at radius 3 is 2.67 bits per heavy atom. The molecule has 3 aromatic rings. The topological polar surface area (TPSA) is 54.7 Å². The molecule has 0 unspecified atom stereocenters. The highest BCUT2D eigenvalue weighted by atomic mass is 16.5. The minimum Gasteiger partial charge on any atom is -0.472 e.